The number of aromatic nitrogens is 3. The average Bonchev–Trinajstić information content (AvgIpc) is 3.17. The van der Waals surface area contributed by atoms with Crippen molar-refractivity contribution in [3.63, 3.8) is 0 Å². The Kier molecular flexibility index (Phi) is 3.24. The second kappa shape index (κ2) is 5.35. The maximum absolute atomic E-state index is 11.7. The molecular weight excluding hydrogens is 260 g/mol. The van der Waals surface area contributed by atoms with E-state index < -0.39 is 0 Å². The van der Waals surface area contributed by atoms with Gasteiger partial charge >= 0.3 is 0 Å². The summed E-state index contributed by atoms with van der Waals surface area (Å²) in [6.07, 6.45) is 6.09. The first-order valence-corrected chi connectivity index (χ1v) is 5.86. The van der Waals surface area contributed by atoms with Gasteiger partial charge in [-0.25, -0.2) is 0 Å². The Hall–Kier alpha value is -2.96. The summed E-state index contributed by atoms with van der Waals surface area (Å²) in [7, 11) is 0. The highest BCUT2D eigenvalue weighted by Crippen LogP contribution is 2.13. The summed E-state index contributed by atoms with van der Waals surface area (Å²) in [5, 5.41) is 6.50. The van der Waals surface area contributed by atoms with Crippen LogP contribution >= 0.6 is 0 Å². The number of nitrogens with zero attached hydrogens (tertiary/aromatic N) is 3. The molecule has 0 unspecified atom stereocenters. The monoisotopic (exact) mass is 270 g/mol. The highest BCUT2D eigenvalue weighted by atomic mass is 16.5. The molecule has 1 amide bonds. The van der Waals surface area contributed by atoms with Gasteiger partial charge < -0.3 is 14.3 Å². The smallest absolute Gasteiger partial charge is 0.254 e. The maximum atomic E-state index is 11.7. The second-order valence-electron chi connectivity index (χ2n) is 3.94. The lowest BCUT2D eigenvalue weighted by atomic mass is 10.2. The topological polar surface area (TPSA) is 94.1 Å². The van der Waals surface area contributed by atoms with Crippen LogP contribution in [0.25, 0.3) is 11.4 Å². The molecular formula is C13H10N4O3. The van der Waals surface area contributed by atoms with Gasteiger partial charge in [-0.05, 0) is 18.2 Å². The van der Waals surface area contributed by atoms with E-state index in [1.807, 2.05) is 0 Å². The van der Waals surface area contributed by atoms with E-state index >= 15 is 0 Å². The van der Waals surface area contributed by atoms with Crippen molar-refractivity contribution in [2.75, 3.05) is 0 Å². The largest absolute Gasteiger partial charge is 0.472 e. The second-order valence-corrected chi connectivity index (χ2v) is 3.94. The summed E-state index contributed by atoms with van der Waals surface area (Å²) in [4.78, 5) is 19.8. The van der Waals surface area contributed by atoms with Crippen LogP contribution in [0.2, 0.25) is 0 Å². The fourth-order valence-corrected chi connectivity index (χ4v) is 1.60. The van der Waals surface area contributed by atoms with E-state index in [0.717, 1.165) is 5.56 Å². The molecule has 7 nitrogen and oxygen atoms in total. The van der Waals surface area contributed by atoms with Crippen molar-refractivity contribution in [3.8, 4) is 11.4 Å². The number of amides is 1. The third kappa shape index (κ3) is 2.56. The predicted molar refractivity (Wildman–Crippen MR) is 67.4 cm³/mol. The molecule has 0 saturated carbocycles. The molecule has 3 rings (SSSR count). The Bertz CT molecular complexity index is 692. The minimum atomic E-state index is -0.262. The van der Waals surface area contributed by atoms with Crippen LogP contribution in [0.15, 0.2) is 52.1 Å². The summed E-state index contributed by atoms with van der Waals surface area (Å²) in [6, 6.07) is 5.13. The van der Waals surface area contributed by atoms with Gasteiger partial charge in [0.1, 0.15) is 6.26 Å². The molecule has 0 aromatic carbocycles. The number of rotatable bonds is 4. The van der Waals surface area contributed by atoms with E-state index in [1.54, 1.807) is 30.6 Å². The molecule has 0 fully saturated rings. The summed E-state index contributed by atoms with van der Waals surface area (Å²) in [6.45, 7) is 0.155. The molecule has 3 aromatic rings. The zero-order valence-electron chi connectivity index (χ0n) is 10.3. The van der Waals surface area contributed by atoms with Gasteiger partial charge in [-0.2, -0.15) is 4.98 Å². The number of carbonyl (C=O) groups is 1. The van der Waals surface area contributed by atoms with Gasteiger partial charge in [-0.3, -0.25) is 9.78 Å². The van der Waals surface area contributed by atoms with E-state index in [4.69, 9.17) is 8.94 Å². The van der Waals surface area contributed by atoms with Crippen molar-refractivity contribution < 1.29 is 13.7 Å². The molecule has 0 aliphatic heterocycles. The van der Waals surface area contributed by atoms with Gasteiger partial charge in [-0.1, -0.05) is 5.16 Å². The molecule has 3 heterocycles. The zero-order valence-corrected chi connectivity index (χ0v) is 10.3. The van der Waals surface area contributed by atoms with Crippen LogP contribution < -0.4 is 5.32 Å². The van der Waals surface area contributed by atoms with Gasteiger partial charge in [0.2, 0.25) is 11.7 Å². The minimum Gasteiger partial charge on any atom is -0.472 e. The Morgan fingerprint density at radius 1 is 1.25 bits per heavy atom. The van der Waals surface area contributed by atoms with E-state index in [-0.39, 0.29) is 12.5 Å². The van der Waals surface area contributed by atoms with Crippen molar-refractivity contribution in [3.05, 3.63) is 54.6 Å². The Morgan fingerprint density at radius 2 is 2.10 bits per heavy atom. The molecule has 100 valence electrons. The Morgan fingerprint density at radius 3 is 2.85 bits per heavy atom. The van der Waals surface area contributed by atoms with E-state index in [1.165, 1.54) is 12.5 Å². The normalized spacial score (nSPS) is 10.4. The number of hydrogen-bond donors (Lipinski definition) is 1. The summed E-state index contributed by atoms with van der Waals surface area (Å²) < 4.78 is 9.90. The predicted octanol–water partition coefficient (Wildman–Crippen LogP) is 1.65. The van der Waals surface area contributed by atoms with Gasteiger partial charge in [0.15, 0.2) is 0 Å². The van der Waals surface area contributed by atoms with Crippen LogP contribution in [-0.2, 0) is 6.54 Å². The molecule has 0 saturated heterocycles. The van der Waals surface area contributed by atoms with Gasteiger partial charge in [-0.15, -0.1) is 0 Å². The third-order valence-electron chi connectivity index (χ3n) is 2.59. The molecule has 0 radical (unpaired) electrons. The van der Waals surface area contributed by atoms with Crippen LogP contribution in [0.3, 0.4) is 0 Å². The summed E-state index contributed by atoms with van der Waals surface area (Å²) in [5.74, 6) is 0.524. The Labute approximate surface area is 113 Å². The van der Waals surface area contributed by atoms with Crippen LogP contribution in [0.1, 0.15) is 16.2 Å². The fourth-order valence-electron chi connectivity index (χ4n) is 1.60. The molecule has 3 aromatic heterocycles. The molecule has 20 heavy (non-hydrogen) atoms. The van der Waals surface area contributed by atoms with Gasteiger partial charge in [0.25, 0.3) is 5.91 Å². The van der Waals surface area contributed by atoms with Crippen molar-refractivity contribution in [1.82, 2.24) is 20.4 Å². The maximum Gasteiger partial charge on any atom is 0.254 e. The van der Waals surface area contributed by atoms with Crippen LogP contribution in [-0.4, -0.2) is 21.0 Å². The third-order valence-corrected chi connectivity index (χ3v) is 2.59. The zero-order chi connectivity index (χ0) is 13.8. The molecule has 0 aliphatic carbocycles. The van der Waals surface area contributed by atoms with Crippen molar-refractivity contribution >= 4 is 5.91 Å². The van der Waals surface area contributed by atoms with Crippen LogP contribution in [0, 0.1) is 0 Å². The molecule has 0 bridgehead atoms. The van der Waals surface area contributed by atoms with Gasteiger partial charge in [0.05, 0.1) is 18.4 Å². The van der Waals surface area contributed by atoms with Crippen LogP contribution in [0.4, 0.5) is 0 Å². The minimum absolute atomic E-state index is 0.155. The number of nitrogens with one attached hydrogen (secondary N) is 1. The average molecular weight is 270 g/mol. The number of furan rings is 1. The molecule has 0 atom stereocenters. The summed E-state index contributed by atoms with van der Waals surface area (Å²) in [5.41, 5.74) is 1.25. The molecule has 1 N–H and O–H groups in total. The quantitative estimate of drug-likeness (QED) is 0.774. The summed E-state index contributed by atoms with van der Waals surface area (Å²) >= 11 is 0. The first-order valence-electron chi connectivity index (χ1n) is 5.86. The first kappa shape index (κ1) is 12.1. The van der Waals surface area contributed by atoms with Crippen molar-refractivity contribution in [2.24, 2.45) is 0 Å². The number of pyridine rings is 1. The standard InChI is InChI=1S/C13H10N4O3/c18-13(10-3-6-19-8-10)15-7-11-16-12(17-20-11)9-1-4-14-5-2-9/h1-6,8H,7H2,(H,15,18). The van der Waals surface area contributed by atoms with E-state index in [0.29, 0.717) is 17.3 Å². The number of hydrogen-bond acceptors (Lipinski definition) is 6. The lowest BCUT2D eigenvalue weighted by Gasteiger charge is -1.98. The highest BCUT2D eigenvalue weighted by molar-refractivity contribution is 5.93. The van der Waals surface area contributed by atoms with E-state index in [2.05, 4.69) is 20.4 Å². The Balaban J connectivity index is 1.65. The lowest BCUT2D eigenvalue weighted by molar-refractivity contribution is 0.0945. The molecule has 0 spiro atoms. The van der Waals surface area contributed by atoms with Gasteiger partial charge in [0, 0.05) is 18.0 Å². The number of carbonyl (C=O) groups excluding carboxylic acids is 1. The first-order chi connectivity index (χ1) is 9.83. The lowest BCUT2D eigenvalue weighted by Crippen LogP contribution is -2.22. The van der Waals surface area contributed by atoms with Crippen molar-refractivity contribution in [2.45, 2.75) is 6.54 Å². The molecule has 7 heteroatoms. The fraction of sp³-hybridized carbons (Fsp3) is 0.0769. The molecule has 0 aliphatic rings. The van der Waals surface area contributed by atoms with Crippen LogP contribution in [0.5, 0.6) is 0 Å². The van der Waals surface area contributed by atoms with Crippen molar-refractivity contribution in [1.29, 1.82) is 0 Å². The SMILES string of the molecule is O=C(NCc1nc(-c2ccncc2)no1)c1ccoc1. The highest BCUT2D eigenvalue weighted by Gasteiger charge is 2.11. The van der Waals surface area contributed by atoms with E-state index in [9.17, 15) is 4.79 Å².